The van der Waals surface area contributed by atoms with Gasteiger partial charge in [-0.1, -0.05) is 32.9 Å². The van der Waals surface area contributed by atoms with Gasteiger partial charge in [0.05, 0.1) is 6.54 Å². The van der Waals surface area contributed by atoms with Crippen molar-refractivity contribution >= 4 is 17.7 Å². The van der Waals surface area contributed by atoms with Crippen molar-refractivity contribution in [1.82, 2.24) is 15.1 Å². The first-order valence-electron chi connectivity index (χ1n) is 10.7. The van der Waals surface area contributed by atoms with Crippen LogP contribution in [0.5, 0.6) is 0 Å². The number of benzene rings is 1. The van der Waals surface area contributed by atoms with Gasteiger partial charge in [0, 0.05) is 37.7 Å². The number of hydrogen-bond donors (Lipinski definition) is 1. The van der Waals surface area contributed by atoms with Crippen LogP contribution in [0.2, 0.25) is 0 Å². The van der Waals surface area contributed by atoms with Crippen molar-refractivity contribution in [3.8, 4) is 0 Å². The third-order valence-electron chi connectivity index (χ3n) is 6.03. The largest absolute Gasteiger partial charge is 0.343 e. The quantitative estimate of drug-likeness (QED) is 0.846. The van der Waals surface area contributed by atoms with E-state index in [1.807, 2.05) is 17.0 Å². The van der Waals surface area contributed by atoms with Gasteiger partial charge < -0.3 is 15.1 Å². The van der Waals surface area contributed by atoms with Crippen molar-refractivity contribution < 1.29 is 14.4 Å². The first kappa shape index (κ1) is 21.3. The summed E-state index contributed by atoms with van der Waals surface area (Å²) in [4.78, 5) is 41.0. The number of piperidine rings is 1. The topological polar surface area (TPSA) is 69.7 Å². The standard InChI is InChI=1S/C23H33N3O3/c1-23(2,3)19-8-6-17(7-9-19)21(28)24-16-20(27)25-14-10-18(11-15-25)22(29)26-12-4-5-13-26/h6-9,18H,4-5,10-16H2,1-3H3,(H,24,28). The van der Waals surface area contributed by atoms with Gasteiger partial charge in [0.1, 0.15) is 0 Å². The Kier molecular flexibility index (Phi) is 6.60. The maximum atomic E-state index is 12.5. The summed E-state index contributed by atoms with van der Waals surface area (Å²) in [7, 11) is 0. The van der Waals surface area contributed by atoms with Gasteiger partial charge in [-0.3, -0.25) is 14.4 Å². The lowest BCUT2D eigenvalue weighted by molar-refractivity contribution is -0.139. The molecule has 6 heteroatoms. The molecule has 0 aliphatic carbocycles. The smallest absolute Gasteiger partial charge is 0.251 e. The molecule has 6 nitrogen and oxygen atoms in total. The van der Waals surface area contributed by atoms with E-state index in [2.05, 4.69) is 26.1 Å². The van der Waals surface area contributed by atoms with E-state index >= 15 is 0 Å². The summed E-state index contributed by atoms with van der Waals surface area (Å²) < 4.78 is 0. The zero-order valence-corrected chi connectivity index (χ0v) is 17.9. The molecule has 29 heavy (non-hydrogen) atoms. The van der Waals surface area contributed by atoms with E-state index in [1.54, 1.807) is 17.0 Å². The molecule has 2 aliphatic heterocycles. The van der Waals surface area contributed by atoms with Crippen LogP contribution in [0.3, 0.4) is 0 Å². The summed E-state index contributed by atoms with van der Waals surface area (Å²) in [6, 6.07) is 7.52. The fourth-order valence-electron chi connectivity index (χ4n) is 4.06. The van der Waals surface area contributed by atoms with Crippen molar-refractivity contribution in [3.05, 3.63) is 35.4 Å². The lowest BCUT2D eigenvalue weighted by Gasteiger charge is -2.33. The van der Waals surface area contributed by atoms with E-state index < -0.39 is 0 Å². The van der Waals surface area contributed by atoms with Gasteiger partial charge in [-0.2, -0.15) is 0 Å². The van der Waals surface area contributed by atoms with Gasteiger partial charge >= 0.3 is 0 Å². The maximum absolute atomic E-state index is 12.5. The summed E-state index contributed by atoms with van der Waals surface area (Å²) >= 11 is 0. The number of nitrogens with zero attached hydrogens (tertiary/aromatic N) is 2. The Bertz CT molecular complexity index is 738. The Labute approximate surface area is 173 Å². The Hall–Kier alpha value is -2.37. The summed E-state index contributed by atoms with van der Waals surface area (Å²) in [5.74, 6) is -0.0377. The van der Waals surface area contributed by atoms with Crippen LogP contribution in [0.1, 0.15) is 62.4 Å². The third kappa shape index (κ3) is 5.37. The minimum absolute atomic E-state index is 0.00933. The zero-order chi connectivity index (χ0) is 21.0. The van der Waals surface area contributed by atoms with Crippen LogP contribution in [0.15, 0.2) is 24.3 Å². The fourth-order valence-corrected chi connectivity index (χ4v) is 4.06. The Morgan fingerprint density at radius 1 is 0.931 bits per heavy atom. The zero-order valence-electron chi connectivity index (χ0n) is 17.9. The molecule has 1 aromatic rings. The van der Waals surface area contributed by atoms with E-state index in [1.165, 1.54) is 0 Å². The van der Waals surface area contributed by atoms with Crippen molar-refractivity contribution in [2.45, 2.75) is 51.9 Å². The first-order chi connectivity index (χ1) is 13.8. The molecule has 2 saturated heterocycles. The van der Waals surface area contributed by atoms with Crippen molar-refractivity contribution in [2.75, 3.05) is 32.7 Å². The summed E-state index contributed by atoms with van der Waals surface area (Å²) in [5.41, 5.74) is 1.75. The van der Waals surface area contributed by atoms with Gasteiger partial charge in [-0.15, -0.1) is 0 Å². The lowest BCUT2D eigenvalue weighted by Crippen LogP contribution is -2.46. The average molecular weight is 400 g/mol. The number of rotatable bonds is 4. The predicted molar refractivity (Wildman–Crippen MR) is 113 cm³/mol. The highest BCUT2D eigenvalue weighted by molar-refractivity contribution is 5.96. The first-order valence-corrected chi connectivity index (χ1v) is 10.7. The Balaban J connectivity index is 1.44. The Morgan fingerprint density at radius 2 is 1.52 bits per heavy atom. The van der Waals surface area contributed by atoms with E-state index in [9.17, 15) is 14.4 Å². The van der Waals surface area contributed by atoms with Crippen molar-refractivity contribution in [2.24, 2.45) is 5.92 Å². The SMILES string of the molecule is CC(C)(C)c1ccc(C(=O)NCC(=O)N2CCC(C(=O)N3CCCC3)CC2)cc1. The van der Waals surface area contributed by atoms with Gasteiger partial charge in [0.15, 0.2) is 0 Å². The second-order valence-electron chi connectivity index (χ2n) is 9.20. The van der Waals surface area contributed by atoms with E-state index in [0.29, 0.717) is 31.5 Å². The second-order valence-corrected chi connectivity index (χ2v) is 9.20. The summed E-state index contributed by atoms with van der Waals surface area (Å²) in [6.07, 6.45) is 3.62. The molecule has 0 spiro atoms. The van der Waals surface area contributed by atoms with Crippen LogP contribution in [-0.2, 0) is 15.0 Å². The van der Waals surface area contributed by atoms with Crippen LogP contribution in [0, 0.1) is 5.92 Å². The van der Waals surface area contributed by atoms with Crippen molar-refractivity contribution in [1.29, 1.82) is 0 Å². The van der Waals surface area contributed by atoms with E-state index in [0.717, 1.165) is 31.5 Å². The Morgan fingerprint density at radius 3 is 2.07 bits per heavy atom. The van der Waals surface area contributed by atoms with Crippen LogP contribution in [0.4, 0.5) is 0 Å². The molecular formula is C23H33N3O3. The summed E-state index contributed by atoms with van der Waals surface area (Å²) in [6.45, 7) is 9.29. The van der Waals surface area contributed by atoms with Gasteiger partial charge in [0.25, 0.3) is 5.91 Å². The highest BCUT2D eigenvalue weighted by Crippen LogP contribution is 2.23. The number of hydrogen-bond acceptors (Lipinski definition) is 3. The molecule has 0 atom stereocenters. The third-order valence-corrected chi connectivity index (χ3v) is 6.03. The molecule has 0 aromatic heterocycles. The number of carbonyl (C=O) groups is 3. The van der Waals surface area contributed by atoms with Crippen molar-refractivity contribution in [3.63, 3.8) is 0 Å². The van der Waals surface area contributed by atoms with Crippen LogP contribution < -0.4 is 5.32 Å². The number of carbonyl (C=O) groups excluding carboxylic acids is 3. The molecule has 3 rings (SSSR count). The lowest BCUT2D eigenvalue weighted by atomic mass is 9.87. The number of amides is 3. The van der Waals surface area contributed by atoms with Crippen LogP contribution in [-0.4, -0.2) is 60.2 Å². The molecule has 1 aromatic carbocycles. The molecule has 0 unspecified atom stereocenters. The molecule has 0 saturated carbocycles. The molecule has 2 aliphatic rings. The van der Waals surface area contributed by atoms with E-state index in [4.69, 9.17) is 0 Å². The van der Waals surface area contributed by atoms with Gasteiger partial charge in [-0.25, -0.2) is 0 Å². The highest BCUT2D eigenvalue weighted by atomic mass is 16.2. The van der Waals surface area contributed by atoms with Gasteiger partial charge in [0.2, 0.25) is 11.8 Å². The molecule has 2 fully saturated rings. The fraction of sp³-hybridized carbons (Fsp3) is 0.609. The molecule has 0 bridgehead atoms. The average Bonchev–Trinajstić information content (AvgIpc) is 3.25. The molecule has 1 N–H and O–H groups in total. The molecular weight excluding hydrogens is 366 g/mol. The minimum Gasteiger partial charge on any atom is -0.343 e. The number of likely N-dealkylation sites (tertiary alicyclic amines) is 2. The predicted octanol–water partition coefficient (Wildman–Crippen LogP) is 2.57. The monoisotopic (exact) mass is 399 g/mol. The molecule has 2 heterocycles. The second kappa shape index (κ2) is 8.97. The summed E-state index contributed by atoms with van der Waals surface area (Å²) in [5, 5.41) is 2.73. The molecule has 3 amide bonds. The number of nitrogens with one attached hydrogen (secondary N) is 1. The van der Waals surface area contributed by atoms with E-state index in [-0.39, 0.29) is 35.6 Å². The van der Waals surface area contributed by atoms with Crippen LogP contribution in [0.25, 0.3) is 0 Å². The molecule has 158 valence electrons. The minimum atomic E-state index is -0.238. The van der Waals surface area contributed by atoms with Gasteiger partial charge in [-0.05, 0) is 48.8 Å². The van der Waals surface area contributed by atoms with Crippen LogP contribution >= 0.6 is 0 Å². The highest BCUT2D eigenvalue weighted by Gasteiger charge is 2.31. The maximum Gasteiger partial charge on any atom is 0.251 e. The normalized spacial score (nSPS) is 18.0. The molecule has 0 radical (unpaired) electrons.